The van der Waals surface area contributed by atoms with Crippen molar-refractivity contribution in [3.05, 3.63) is 29.8 Å². The third-order valence-electron chi connectivity index (χ3n) is 4.25. The van der Waals surface area contributed by atoms with Gasteiger partial charge in [-0.1, -0.05) is 25.5 Å². The van der Waals surface area contributed by atoms with Gasteiger partial charge in [0.1, 0.15) is 5.75 Å². The molecule has 0 heterocycles. The highest BCUT2D eigenvalue weighted by atomic mass is 16.5. The quantitative estimate of drug-likeness (QED) is 0.723. The van der Waals surface area contributed by atoms with Gasteiger partial charge in [0.25, 0.3) is 0 Å². The molecule has 1 aromatic carbocycles. The zero-order valence-corrected chi connectivity index (χ0v) is 13.9. The predicted molar refractivity (Wildman–Crippen MR) is 90.5 cm³/mol. The molecule has 1 fully saturated rings. The Morgan fingerprint density at radius 1 is 1.35 bits per heavy atom. The number of nitrogens with one attached hydrogen (secondary N) is 2. The maximum Gasteiger partial charge on any atom is 0.315 e. The molecule has 1 unspecified atom stereocenters. The van der Waals surface area contributed by atoms with Crippen LogP contribution in [0.25, 0.3) is 0 Å². The molecule has 128 valence electrons. The van der Waals surface area contributed by atoms with Crippen LogP contribution in [0.15, 0.2) is 24.3 Å². The van der Waals surface area contributed by atoms with Crippen molar-refractivity contribution in [1.29, 1.82) is 0 Å². The van der Waals surface area contributed by atoms with Gasteiger partial charge in [0.15, 0.2) is 0 Å². The van der Waals surface area contributed by atoms with Crippen LogP contribution in [0, 0.1) is 0 Å². The summed E-state index contributed by atoms with van der Waals surface area (Å²) in [4.78, 5) is 11.8. The molecule has 1 aliphatic carbocycles. The van der Waals surface area contributed by atoms with Gasteiger partial charge in [0, 0.05) is 6.54 Å². The average molecular weight is 320 g/mol. The second-order valence-electron chi connectivity index (χ2n) is 6.14. The lowest BCUT2D eigenvalue weighted by Crippen LogP contribution is -2.43. The molecule has 0 spiro atoms. The molecule has 2 rings (SSSR count). The van der Waals surface area contributed by atoms with Crippen LogP contribution in [0.1, 0.15) is 51.0 Å². The van der Waals surface area contributed by atoms with Crippen LogP contribution in [0.4, 0.5) is 4.79 Å². The smallest absolute Gasteiger partial charge is 0.315 e. The topological polar surface area (TPSA) is 70.6 Å². The monoisotopic (exact) mass is 320 g/mol. The van der Waals surface area contributed by atoms with Crippen molar-refractivity contribution in [1.82, 2.24) is 10.6 Å². The number of rotatable bonds is 7. The molecule has 1 saturated carbocycles. The molecule has 0 aliphatic heterocycles. The summed E-state index contributed by atoms with van der Waals surface area (Å²) in [5, 5.41) is 14.6. The lowest BCUT2D eigenvalue weighted by molar-refractivity contribution is 0.155. The van der Waals surface area contributed by atoms with Crippen molar-refractivity contribution in [3.8, 4) is 5.75 Å². The highest BCUT2D eigenvalue weighted by molar-refractivity contribution is 5.74. The Labute approximate surface area is 138 Å². The van der Waals surface area contributed by atoms with Crippen LogP contribution in [0.2, 0.25) is 0 Å². The summed E-state index contributed by atoms with van der Waals surface area (Å²) in [7, 11) is 0. The van der Waals surface area contributed by atoms with Crippen molar-refractivity contribution in [2.75, 3.05) is 6.61 Å². The summed E-state index contributed by atoms with van der Waals surface area (Å²) >= 11 is 0. The number of carbonyl (C=O) groups excluding carboxylic acids is 1. The highest BCUT2D eigenvalue weighted by Gasteiger charge is 2.15. The summed E-state index contributed by atoms with van der Waals surface area (Å²) < 4.78 is 6.04. The maximum atomic E-state index is 11.8. The fraction of sp³-hybridized carbons (Fsp3) is 0.611. The Hall–Kier alpha value is -1.75. The SMILES string of the molecule is CCC(CO)NC(=O)NCc1cccc(OC2CCCCC2)c1. The number of hydrogen-bond donors (Lipinski definition) is 3. The van der Waals surface area contributed by atoms with Gasteiger partial charge in [-0.05, 0) is 49.8 Å². The van der Waals surface area contributed by atoms with E-state index in [9.17, 15) is 4.79 Å². The first-order valence-corrected chi connectivity index (χ1v) is 8.62. The highest BCUT2D eigenvalue weighted by Crippen LogP contribution is 2.23. The van der Waals surface area contributed by atoms with E-state index in [2.05, 4.69) is 10.6 Å². The molecule has 0 aromatic heterocycles. The third-order valence-corrected chi connectivity index (χ3v) is 4.25. The van der Waals surface area contributed by atoms with E-state index < -0.39 is 0 Å². The number of urea groups is 1. The first-order chi connectivity index (χ1) is 11.2. The van der Waals surface area contributed by atoms with Crippen LogP contribution in [0.5, 0.6) is 5.75 Å². The molecule has 23 heavy (non-hydrogen) atoms. The van der Waals surface area contributed by atoms with Crippen LogP contribution in [-0.4, -0.2) is 29.9 Å². The molecule has 5 nitrogen and oxygen atoms in total. The zero-order valence-electron chi connectivity index (χ0n) is 13.9. The number of amides is 2. The van der Waals surface area contributed by atoms with E-state index >= 15 is 0 Å². The summed E-state index contributed by atoms with van der Waals surface area (Å²) in [6.45, 7) is 2.32. The normalized spacial score (nSPS) is 16.6. The zero-order chi connectivity index (χ0) is 16.5. The van der Waals surface area contributed by atoms with Crippen LogP contribution < -0.4 is 15.4 Å². The minimum atomic E-state index is -0.260. The standard InChI is InChI=1S/C18H28N2O3/c1-2-15(13-21)20-18(22)19-12-14-7-6-10-17(11-14)23-16-8-4-3-5-9-16/h6-7,10-11,15-16,21H,2-5,8-9,12-13H2,1H3,(H2,19,20,22). The fourth-order valence-electron chi connectivity index (χ4n) is 2.80. The van der Waals surface area contributed by atoms with Crippen molar-refractivity contribution < 1.29 is 14.6 Å². The number of aliphatic hydroxyl groups excluding tert-OH is 1. The van der Waals surface area contributed by atoms with E-state index in [1.807, 2.05) is 31.2 Å². The first-order valence-electron chi connectivity index (χ1n) is 8.62. The molecule has 1 atom stereocenters. The molecule has 0 saturated heterocycles. The first kappa shape index (κ1) is 17.6. The minimum absolute atomic E-state index is 0.0470. The Bertz CT molecular complexity index is 483. The van der Waals surface area contributed by atoms with Crippen LogP contribution in [0.3, 0.4) is 0 Å². The fourth-order valence-corrected chi connectivity index (χ4v) is 2.80. The van der Waals surface area contributed by atoms with Gasteiger partial charge in [-0.25, -0.2) is 4.79 Å². The van der Waals surface area contributed by atoms with Gasteiger partial charge >= 0.3 is 6.03 Å². The Balaban J connectivity index is 1.81. The molecule has 1 aromatic rings. The van der Waals surface area contributed by atoms with Crippen molar-refractivity contribution in [2.24, 2.45) is 0 Å². The van der Waals surface area contributed by atoms with E-state index in [1.165, 1.54) is 19.3 Å². The summed E-state index contributed by atoms with van der Waals surface area (Å²) in [5.74, 6) is 0.874. The van der Waals surface area contributed by atoms with Gasteiger partial charge in [-0.2, -0.15) is 0 Å². The predicted octanol–water partition coefficient (Wildman–Crippen LogP) is 2.97. The van der Waals surface area contributed by atoms with Crippen molar-refractivity contribution in [3.63, 3.8) is 0 Å². The third kappa shape index (κ3) is 6.10. The van der Waals surface area contributed by atoms with Crippen LogP contribution in [-0.2, 0) is 6.54 Å². The lowest BCUT2D eigenvalue weighted by Gasteiger charge is -2.23. The van der Waals surface area contributed by atoms with Crippen molar-refractivity contribution in [2.45, 2.75) is 64.1 Å². The Kier molecular flexibility index (Phi) is 7.20. The van der Waals surface area contributed by atoms with Crippen LogP contribution >= 0.6 is 0 Å². The van der Waals surface area contributed by atoms with E-state index in [0.717, 1.165) is 24.2 Å². The van der Waals surface area contributed by atoms with Gasteiger partial charge < -0.3 is 20.5 Å². The number of ether oxygens (including phenoxy) is 1. The number of hydrogen-bond acceptors (Lipinski definition) is 3. The minimum Gasteiger partial charge on any atom is -0.490 e. The molecule has 0 radical (unpaired) electrons. The van der Waals surface area contributed by atoms with E-state index in [-0.39, 0.29) is 18.7 Å². The van der Waals surface area contributed by atoms with E-state index in [1.54, 1.807) is 0 Å². The second kappa shape index (κ2) is 9.40. The molecule has 2 amide bonds. The van der Waals surface area contributed by atoms with Crippen molar-refractivity contribution >= 4 is 6.03 Å². The Morgan fingerprint density at radius 2 is 2.13 bits per heavy atom. The summed E-state index contributed by atoms with van der Waals surface area (Å²) in [6, 6.07) is 7.42. The summed E-state index contributed by atoms with van der Waals surface area (Å²) in [6.07, 6.45) is 7.09. The molecule has 5 heteroatoms. The van der Waals surface area contributed by atoms with Gasteiger partial charge in [0.2, 0.25) is 0 Å². The largest absolute Gasteiger partial charge is 0.490 e. The Morgan fingerprint density at radius 3 is 2.83 bits per heavy atom. The van der Waals surface area contributed by atoms with E-state index in [0.29, 0.717) is 19.1 Å². The molecule has 3 N–H and O–H groups in total. The molecule has 0 bridgehead atoms. The number of aliphatic hydroxyl groups is 1. The maximum absolute atomic E-state index is 11.8. The molecular formula is C18H28N2O3. The number of carbonyl (C=O) groups is 1. The second-order valence-corrected chi connectivity index (χ2v) is 6.14. The average Bonchev–Trinajstić information content (AvgIpc) is 2.59. The summed E-state index contributed by atoms with van der Waals surface area (Å²) in [5.41, 5.74) is 1.01. The van der Waals surface area contributed by atoms with Gasteiger partial charge in [-0.15, -0.1) is 0 Å². The van der Waals surface area contributed by atoms with Gasteiger partial charge in [-0.3, -0.25) is 0 Å². The molecule has 1 aliphatic rings. The van der Waals surface area contributed by atoms with Gasteiger partial charge in [0.05, 0.1) is 18.8 Å². The molecular weight excluding hydrogens is 292 g/mol. The number of benzene rings is 1. The lowest BCUT2D eigenvalue weighted by atomic mass is 9.98. The van der Waals surface area contributed by atoms with E-state index in [4.69, 9.17) is 9.84 Å².